The lowest BCUT2D eigenvalue weighted by Gasteiger charge is -2.42. The SMILES string of the molecule is CC1CN(C(=O)OC(C)(C)C)CCN1C(C)c1cccs1. The third-order valence-corrected chi connectivity index (χ3v) is 4.83. The number of amides is 1. The van der Waals surface area contributed by atoms with Gasteiger partial charge in [-0.2, -0.15) is 0 Å². The lowest BCUT2D eigenvalue weighted by Crippen LogP contribution is -2.54. The molecule has 1 saturated heterocycles. The van der Waals surface area contributed by atoms with Gasteiger partial charge in [-0.1, -0.05) is 6.07 Å². The first-order valence-electron chi connectivity index (χ1n) is 7.55. The number of hydrogen-bond acceptors (Lipinski definition) is 4. The Morgan fingerprint density at radius 3 is 2.67 bits per heavy atom. The van der Waals surface area contributed by atoms with Gasteiger partial charge < -0.3 is 9.64 Å². The van der Waals surface area contributed by atoms with E-state index in [0.29, 0.717) is 12.1 Å². The summed E-state index contributed by atoms with van der Waals surface area (Å²) in [6, 6.07) is 5.02. The fourth-order valence-corrected chi connectivity index (χ4v) is 3.54. The topological polar surface area (TPSA) is 32.8 Å². The molecule has 2 rings (SSSR count). The minimum absolute atomic E-state index is 0.197. The highest BCUT2D eigenvalue weighted by atomic mass is 32.1. The van der Waals surface area contributed by atoms with Gasteiger partial charge in [0.1, 0.15) is 5.60 Å². The Bertz CT molecular complexity index is 467. The summed E-state index contributed by atoms with van der Waals surface area (Å²) in [7, 11) is 0. The first kappa shape index (κ1) is 16.3. The van der Waals surface area contributed by atoms with Crippen LogP contribution in [0, 0.1) is 0 Å². The second kappa shape index (κ2) is 6.36. The van der Waals surface area contributed by atoms with Crippen molar-refractivity contribution in [2.45, 2.75) is 52.3 Å². The molecule has 0 saturated carbocycles. The predicted octanol–water partition coefficient (Wildman–Crippen LogP) is 3.75. The van der Waals surface area contributed by atoms with Gasteiger partial charge in [-0.05, 0) is 46.1 Å². The van der Waals surface area contributed by atoms with E-state index in [1.165, 1.54) is 4.88 Å². The summed E-state index contributed by atoms with van der Waals surface area (Å²) in [6.45, 7) is 12.5. The van der Waals surface area contributed by atoms with Crippen LogP contribution in [0.1, 0.15) is 45.5 Å². The van der Waals surface area contributed by atoms with Crippen molar-refractivity contribution in [2.75, 3.05) is 19.6 Å². The molecule has 2 unspecified atom stereocenters. The lowest BCUT2D eigenvalue weighted by atomic mass is 10.1. The zero-order chi connectivity index (χ0) is 15.6. The molecule has 1 amide bonds. The number of ether oxygens (including phenoxy) is 1. The molecule has 2 atom stereocenters. The Balaban J connectivity index is 1.94. The first-order valence-corrected chi connectivity index (χ1v) is 8.43. The molecule has 4 nitrogen and oxygen atoms in total. The average molecular weight is 310 g/mol. The molecular formula is C16H26N2O2S. The molecule has 0 aromatic carbocycles. The summed E-state index contributed by atoms with van der Waals surface area (Å²) in [5.74, 6) is 0. The molecule has 0 N–H and O–H groups in total. The molecular weight excluding hydrogens is 284 g/mol. The van der Waals surface area contributed by atoms with Gasteiger partial charge in [-0.25, -0.2) is 4.79 Å². The fourth-order valence-electron chi connectivity index (χ4n) is 2.73. The van der Waals surface area contributed by atoms with E-state index < -0.39 is 5.60 Å². The maximum Gasteiger partial charge on any atom is 0.410 e. The fraction of sp³-hybridized carbons (Fsp3) is 0.688. The van der Waals surface area contributed by atoms with Gasteiger partial charge in [0.25, 0.3) is 0 Å². The van der Waals surface area contributed by atoms with E-state index >= 15 is 0 Å². The van der Waals surface area contributed by atoms with Crippen molar-refractivity contribution in [3.8, 4) is 0 Å². The van der Waals surface area contributed by atoms with Gasteiger partial charge in [0.2, 0.25) is 0 Å². The highest BCUT2D eigenvalue weighted by molar-refractivity contribution is 7.10. The van der Waals surface area contributed by atoms with Crippen molar-refractivity contribution in [3.05, 3.63) is 22.4 Å². The molecule has 0 spiro atoms. The highest BCUT2D eigenvalue weighted by Crippen LogP contribution is 2.28. The predicted molar refractivity (Wildman–Crippen MR) is 86.7 cm³/mol. The Kier molecular flexibility index (Phi) is 4.94. The van der Waals surface area contributed by atoms with Crippen LogP contribution in [0.25, 0.3) is 0 Å². The number of carbonyl (C=O) groups excluding carboxylic acids is 1. The third-order valence-electron chi connectivity index (χ3n) is 3.78. The second-order valence-corrected chi connectivity index (χ2v) is 7.68. The number of hydrogen-bond donors (Lipinski definition) is 0. The van der Waals surface area contributed by atoms with Crippen LogP contribution in [-0.2, 0) is 4.74 Å². The van der Waals surface area contributed by atoms with E-state index in [9.17, 15) is 4.79 Å². The number of thiophene rings is 1. The molecule has 21 heavy (non-hydrogen) atoms. The van der Waals surface area contributed by atoms with E-state index in [-0.39, 0.29) is 6.09 Å². The molecule has 1 aliphatic rings. The van der Waals surface area contributed by atoms with Gasteiger partial charge in [0.15, 0.2) is 0 Å². The molecule has 1 fully saturated rings. The first-order chi connectivity index (χ1) is 9.78. The summed E-state index contributed by atoms with van der Waals surface area (Å²) in [5.41, 5.74) is -0.429. The zero-order valence-corrected chi connectivity index (χ0v) is 14.4. The van der Waals surface area contributed by atoms with Crippen molar-refractivity contribution in [2.24, 2.45) is 0 Å². The normalized spacial score (nSPS) is 22.1. The Labute approximate surface area is 131 Å². The Hall–Kier alpha value is -1.07. The summed E-state index contributed by atoms with van der Waals surface area (Å²) in [6.07, 6.45) is -0.197. The molecule has 118 valence electrons. The van der Waals surface area contributed by atoms with Crippen LogP contribution >= 0.6 is 11.3 Å². The number of piperazine rings is 1. The minimum atomic E-state index is -0.429. The highest BCUT2D eigenvalue weighted by Gasteiger charge is 2.32. The van der Waals surface area contributed by atoms with Crippen LogP contribution in [0.3, 0.4) is 0 Å². The third kappa shape index (κ3) is 4.20. The zero-order valence-electron chi connectivity index (χ0n) is 13.6. The largest absolute Gasteiger partial charge is 0.444 e. The maximum absolute atomic E-state index is 12.2. The number of nitrogens with zero attached hydrogens (tertiary/aromatic N) is 2. The lowest BCUT2D eigenvalue weighted by molar-refractivity contribution is -0.000447. The van der Waals surface area contributed by atoms with Crippen LogP contribution in [0.4, 0.5) is 4.79 Å². The van der Waals surface area contributed by atoms with E-state index in [4.69, 9.17) is 4.74 Å². The van der Waals surface area contributed by atoms with Gasteiger partial charge in [-0.3, -0.25) is 4.90 Å². The smallest absolute Gasteiger partial charge is 0.410 e. The summed E-state index contributed by atoms with van der Waals surface area (Å²) >= 11 is 1.79. The van der Waals surface area contributed by atoms with Crippen LogP contribution in [0.15, 0.2) is 17.5 Å². The molecule has 0 radical (unpaired) electrons. The van der Waals surface area contributed by atoms with E-state index in [1.54, 1.807) is 11.3 Å². The molecule has 0 aliphatic carbocycles. The van der Waals surface area contributed by atoms with Crippen LogP contribution in [0.2, 0.25) is 0 Å². The quantitative estimate of drug-likeness (QED) is 0.834. The molecule has 2 heterocycles. The van der Waals surface area contributed by atoms with Crippen molar-refractivity contribution in [1.29, 1.82) is 0 Å². The van der Waals surface area contributed by atoms with Gasteiger partial charge >= 0.3 is 6.09 Å². The summed E-state index contributed by atoms with van der Waals surface area (Å²) in [4.78, 5) is 17.8. The Morgan fingerprint density at radius 1 is 1.43 bits per heavy atom. The van der Waals surface area contributed by atoms with Gasteiger partial charge in [0.05, 0.1) is 0 Å². The molecule has 1 aromatic heterocycles. The van der Waals surface area contributed by atoms with E-state index in [0.717, 1.165) is 19.6 Å². The second-order valence-electron chi connectivity index (χ2n) is 6.70. The van der Waals surface area contributed by atoms with E-state index in [2.05, 4.69) is 36.3 Å². The van der Waals surface area contributed by atoms with E-state index in [1.807, 2.05) is 25.7 Å². The monoisotopic (exact) mass is 310 g/mol. The van der Waals surface area contributed by atoms with Crippen molar-refractivity contribution in [3.63, 3.8) is 0 Å². The minimum Gasteiger partial charge on any atom is -0.444 e. The molecule has 1 aliphatic heterocycles. The standard InChI is InChI=1S/C16H26N2O2S/c1-12-11-17(15(19)20-16(3,4)5)8-9-18(12)13(2)14-7-6-10-21-14/h6-7,10,12-13H,8-9,11H2,1-5H3. The Morgan fingerprint density at radius 2 is 2.14 bits per heavy atom. The molecule has 5 heteroatoms. The van der Waals surface area contributed by atoms with Crippen LogP contribution in [0.5, 0.6) is 0 Å². The van der Waals surface area contributed by atoms with Gasteiger partial charge in [-0.15, -0.1) is 11.3 Å². The van der Waals surface area contributed by atoms with Crippen LogP contribution < -0.4 is 0 Å². The summed E-state index contributed by atoms with van der Waals surface area (Å²) in [5, 5.41) is 2.12. The molecule has 0 bridgehead atoms. The van der Waals surface area contributed by atoms with Crippen molar-refractivity contribution in [1.82, 2.24) is 9.80 Å². The number of carbonyl (C=O) groups is 1. The molecule has 1 aromatic rings. The van der Waals surface area contributed by atoms with Crippen molar-refractivity contribution < 1.29 is 9.53 Å². The van der Waals surface area contributed by atoms with Gasteiger partial charge in [0, 0.05) is 36.6 Å². The number of rotatable bonds is 2. The maximum atomic E-state index is 12.2. The average Bonchev–Trinajstić information content (AvgIpc) is 2.89. The van der Waals surface area contributed by atoms with Crippen molar-refractivity contribution >= 4 is 17.4 Å². The summed E-state index contributed by atoms with van der Waals surface area (Å²) < 4.78 is 5.46. The van der Waals surface area contributed by atoms with Crippen LogP contribution in [-0.4, -0.2) is 47.2 Å².